The molecule has 0 aliphatic heterocycles. The molecule has 0 radical (unpaired) electrons. The van der Waals surface area contributed by atoms with E-state index in [2.05, 4.69) is 10.1 Å². The van der Waals surface area contributed by atoms with Crippen LogP contribution >= 0.6 is 45.2 Å². The minimum Gasteiger partial charge on any atom is -0.398 e. The van der Waals surface area contributed by atoms with Gasteiger partial charge in [-0.25, -0.2) is 8.78 Å². The summed E-state index contributed by atoms with van der Waals surface area (Å²) in [6.07, 6.45) is 0. The van der Waals surface area contributed by atoms with Crippen molar-refractivity contribution in [1.29, 1.82) is 0 Å². The van der Waals surface area contributed by atoms with Gasteiger partial charge in [0.25, 0.3) is 0 Å². The second-order valence-electron chi connectivity index (χ2n) is 5.06. The molecule has 152 valence electrons. The number of halogens is 4. The van der Waals surface area contributed by atoms with Gasteiger partial charge in [0.05, 0.1) is 5.69 Å². The molecular weight excluding hydrogens is 600 g/mol. The molecule has 0 spiro atoms. The Hall–Kier alpha value is -1.83. The minimum absolute atomic E-state index is 0.153. The van der Waals surface area contributed by atoms with Crippen LogP contribution in [0.15, 0.2) is 36.4 Å². The Kier molecular flexibility index (Phi) is 12.5. The summed E-state index contributed by atoms with van der Waals surface area (Å²) in [5.41, 5.74) is 6.68. The fourth-order valence-electron chi connectivity index (χ4n) is 1.48. The smallest absolute Gasteiger partial charge is 0.310 e. The number of nitrogen functional groups attached to an aromatic ring is 1. The quantitative estimate of drug-likeness (QED) is 0.213. The van der Waals surface area contributed by atoms with Gasteiger partial charge in [-0.2, -0.15) is 0 Å². The van der Waals surface area contributed by atoms with Crippen LogP contribution in [0.2, 0.25) is 0 Å². The number of esters is 2. The van der Waals surface area contributed by atoms with Crippen molar-refractivity contribution in [3.63, 3.8) is 0 Å². The largest absolute Gasteiger partial charge is 0.398 e. The average Bonchev–Trinajstić information content (AvgIpc) is 2.53. The number of ether oxygens (including phenoxy) is 1. The van der Waals surface area contributed by atoms with E-state index in [1.807, 2.05) is 45.2 Å². The summed E-state index contributed by atoms with van der Waals surface area (Å²) < 4.78 is 30.3. The summed E-state index contributed by atoms with van der Waals surface area (Å²) >= 11 is 3.95. The van der Waals surface area contributed by atoms with Gasteiger partial charge in [0.2, 0.25) is 5.91 Å². The highest BCUT2D eigenvalue weighted by atomic mass is 127. The Bertz CT molecular complexity index is 836. The monoisotopic (exact) mass is 618 g/mol. The zero-order valence-corrected chi connectivity index (χ0v) is 19.5. The number of carbonyl (C=O) groups excluding carboxylic acids is 3. The highest BCUT2D eigenvalue weighted by Gasteiger charge is 2.01. The zero-order chi connectivity index (χ0) is 21.9. The van der Waals surface area contributed by atoms with Gasteiger partial charge in [0, 0.05) is 33.6 Å². The molecule has 0 aliphatic carbocycles. The summed E-state index contributed by atoms with van der Waals surface area (Å²) in [7, 11) is 0. The lowest BCUT2D eigenvalue weighted by Gasteiger charge is -2.03. The van der Waals surface area contributed by atoms with Gasteiger partial charge < -0.3 is 15.8 Å². The molecule has 1 amide bonds. The van der Waals surface area contributed by atoms with E-state index in [4.69, 9.17) is 5.73 Å². The van der Waals surface area contributed by atoms with E-state index in [1.165, 1.54) is 45.0 Å². The molecule has 0 aromatic heterocycles. The minimum atomic E-state index is -0.562. The van der Waals surface area contributed by atoms with Gasteiger partial charge in [-0.05, 0) is 81.6 Å². The lowest BCUT2D eigenvalue weighted by atomic mass is 10.3. The topological polar surface area (TPSA) is 98.5 Å². The van der Waals surface area contributed by atoms with E-state index in [-0.39, 0.29) is 17.5 Å². The first kappa shape index (κ1) is 26.2. The first-order chi connectivity index (χ1) is 12.9. The predicted molar refractivity (Wildman–Crippen MR) is 119 cm³/mol. The third kappa shape index (κ3) is 12.5. The van der Waals surface area contributed by atoms with Crippen molar-refractivity contribution >= 4 is 74.4 Å². The van der Waals surface area contributed by atoms with Crippen LogP contribution in [0.4, 0.5) is 20.2 Å². The molecular formula is C18H18F2I2N2O4. The van der Waals surface area contributed by atoms with Crippen molar-refractivity contribution in [2.45, 2.75) is 20.8 Å². The first-order valence-corrected chi connectivity index (χ1v) is 9.70. The first-order valence-electron chi connectivity index (χ1n) is 7.54. The molecule has 6 nitrogen and oxygen atoms in total. The van der Waals surface area contributed by atoms with Crippen LogP contribution in [0.1, 0.15) is 20.8 Å². The molecule has 0 saturated heterocycles. The highest BCUT2D eigenvalue weighted by molar-refractivity contribution is 14.1. The van der Waals surface area contributed by atoms with Gasteiger partial charge in [-0.1, -0.05) is 0 Å². The third-order valence-electron chi connectivity index (χ3n) is 2.49. The zero-order valence-electron chi connectivity index (χ0n) is 15.2. The molecule has 0 saturated carbocycles. The summed E-state index contributed by atoms with van der Waals surface area (Å²) in [6.45, 7) is 3.78. The number of nitrogens with two attached hydrogens (primary N) is 1. The molecule has 2 aromatic carbocycles. The maximum atomic E-state index is 12.6. The van der Waals surface area contributed by atoms with Crippen LogP contribution < -0.4 is 11.1 Å². The molecule has 2 rings (SSSR count). The van der Waals surface area contributed by atoms with Crippen molar-refractivity contribution in [2.24, 2.45) is 0 Å². The number of benzene rings is 2. The summed E-state index contributed by atoms with van der Waals surface area (Å²) in [5, 5.41) is 2.59. The van der Waals surface area contributed by atoms with Crippen molar-refractivity contribution in [3.05, 3.63) is 55.2 Å². The SMILES string of the molecule is CC(=O)Nc1ccc(F)cc1I.CC(=O)OC(C)=O.Nc1ccc(F)cc1I. The van der Waals surface area contributed by atoms with Crippen LogP contribution in [-0.4, -0.2) is 17.8 Å². The van der Waals surface area contributed by atoms with Crippen molar-refractivity contribution in [3.8, 4) is 0 Å². The molecule has 0 fully saturated rings. The van der Waals surface area contributed by atoms with Crippen LogP contribution in [0.3, 0.4) is 0 Å². The molecule has 0 bridgehead atoms. The number of anilines is 2. The van der Waals surface area contributed by atoms with E-state index in [1.54, 1.807) is 12.1 Å². The average molecular weight is 618 g/mol. The van der Waals surface area contributed by atoms with Crippen LogP contribution in [0.25, 0.3) is 0 Å². The van der Waals surface area contributed by atoms with Crippen molar-refractivity contribution < 1.29 is 27.9 Å². The molecule has 28 heavy (non-hydrogen) atoms. The van der Waals surface area contributed by atoms with Crippen LogP contribution in [-0.2, 0) is 19.1 Å². The van der Waals surface area contributed by atoms with Gasteiger partial charge in [-0.3, -0.25) is 14.4 Å². The third-order valence-corrected chi connectivity index (χ3v) is 4.32. The fourth-order valence-corrected chi connectivity index (χ4v) is 2.57. The summed E-state index contributed by atoms with van der Waals surface area (Å²) in [6, 6.07) is 8.52. The summed E-state index contributed by atoms with van der Waals surface area (Å²) in [4.78, 5) is 30.3. The molecule has 0 heterocycles. The molecule has 0 unspecified atom stereocenters. The van der Waals surface area contributed by atoms with Crippen LogP contribution in [0.5, 0.6) is 0 Å². The maximum Gasteiger partial charge on any atom is 0.310 e. The number of nitrogens with one attached hydrogen (secondary N) is 1. The normalized spacial score (nSPS) is 9.11. The Morgan fingerprint density at radius 1 is 0.893 bits per heavy atom. The Morgan fingerprint density at radius 3 is 1.68 bits per heavy atom. The maximum absolute atomic E-state index is 12.6. The number of amides is 1. The standard InChI is InChI=1S/C8H7FINO.C6H5FIN.C4H6O3/c1-5(12)11-8-3-2-6(9)4-7(8)10;7-4-1-2-6(9)5(8)3-4;1-3(5)7-4(2)6/h2-4H,1H3,(H,11,12);1-3H,9H2;1-2H3. The van der Waals surface area contributed by atoms with Gasteiger partial charge >= 0.3 is 11.9 Å². The second-order valence-corrected chi connectivity index (χ2v) is 7.38. The highest BCUT2D eigenvalue weighted by Crippen LogP contribution is 2.18. The van der Waals surface area contributed by atoms with E-state index in [9.17, 15) is 23.2 Å². The number of carbonyl (C=O) groups is 3. The van der Waals surface area contributed by atoms with E-state index < -0.39 is 11.9 Å². The molecule has 0 atom stereocenters. The predicted octanol–water partition coefficient (Wildman–Crippen LogP) is 4.50. The number of hydrogen-bond donors (Lipinski definition) is 2. The fraction of sp³-hybridized carbons (Fsp3) is 0.167. The lowest BCUT2D eigenvalue weighted by molar-refractivity contribution is -0.156. The van der Waals surface area contributed by atoms with E-state index >= 15 is 0 Å². The van der Waals surface area contributed by atoms with Crippen molar-refractivity contribution in [2.75, 3.05) is 11.1 Å². The second kappa shape index (κ2) is 13.4. The molecule has 2 aromatic rings. The van der Waals surface area contributed by atoms with E-state index in [0.29, 0.717) is 14.9 Å². The van der Waals surface area contributed by atoms with Gasteiger partial charge in [0.15, 0.2) is 0 Å². The Balaban J connectivity index is 0.000000408. The Labute approximate surface area is 188 Å². The van der Waals surface area contributed by atoms with Crippen LogP contribution in [0, 0.1) is 18.8 Å². The van der Waals surface area contributed by atoms with Gasteiger partial charge in [-0.15, -0.1) is 0 Å². The number of rotatable bonds is 1. The molecule has 0 aliphatic rings. The summed E-state index contributed by atoms with van der Waals surface area (Å²) in [5.74, 6) is -1.82. The van der Waals surface area contributed by atoms with E-state index in [0.717, 1.165) is 3.57 Å². The Morgan fingerprint density at radius 2 is 1.36 bits per heavy atom. The molecule has 3 N–H and O–H groups in total. The van der Waals surface area contributed by atoms with Crippen molar-refractivity contribution in [1.82, 2.24) is 0 Å². The van der Waals surface area contributed by atoms with Gasteiger partial charge in [0.1, 0.15) is 11.6 Å². The molecule has 10 heteroatoms. The number of hydrogen-bond acceptors (Lipinski definition) is 5. The lowest BCUT2D eigenvalue weighted by Crippen LogP contribution is -2.07.